The fraction of sp³-hybridized carbons (Fsp3) is 0.368. The van der Waals surface area contributed by atoms with Crippen LogP contribution in [0.3, 0.4) is 0 Å². The Morgan fingerprint density at radius 1 is 1.17 bits per heavy atom. The highest BCUT2D eigenvalue weighted by molar-refractivity contribution is 7.18. The number of hydrogen-bond donors (Lipinski definition) is 0. The summed E-state index contributed by atoms with van der Waals surface area (Å²) < 4.78 is 2.96. The lowest BCUT2D eigenvalue weighted by Gasteiger charge is -2.11. The molecule has 0 saturated carbocycles. The van der Waals surface area contributed by atoms with Crippen molar-refractivity contribution in [2.75, 3.05) is 0 Å². The molecule has 0 atom stereocenters. The second-order valence-corrected chi connectivity index (χ2v) is 7.80. The zero-order valence-corrected chi connectivity index (χ0v) is 15.3. The number of benzene rings is 1. The van der Waals surface area contributed by atoms with Gasteiger partial charge in [0, 0.05) is 24.9 Å². The largest absolute Gasteiger partial charge is 0.331 e. The summed E-state index contributed by atoms with van der Waals surface area (Å²) >= 11 is 1.56. The Morgan fingerprint density at radius 3 is 2.54 bits per heavy atom. The molecule has 0 radical (unpaired) electrons. The van der Waals surface area contributed by atoms with E-state index in [0.29, 0.717) is 17.8 Å². The Labute approximate surface area is 145 Å². The molecule has 1 aromatic carbocycles. The maximum atomic E-state index is 12.5. The van der Waals surface area contributed by atoms with Crippen molar-refractivity contribution in [2.24, 2.45) is 13.0 Å². The third-order valence-corrected chi connectivity index (χ3v) is 5.39. The molecule has 24 heavy (non-hydrogen) atoms. The van der Waals surface area contributed by atoms with E-state index in [0.717, 1.165) is 16.1 Å². The number of aromatic nitrogens is 2. The maximum absolute atomic E-state index is 12.5. The number of hydrogen-bond acceptors (Lipinski definition) is 3. The Kier molecular flexibility index (Phi) is 4.45. The first kappa shape index (κ1) is 16.7. The molecule has 0 bridgehead atoms. The minimum Gasteiger partial charge on any atom is -0.284 e. The lowest BCUT2D eigenvalue weighted by Crippen LogP contribution is -2.38. The van der Waals surface area contributed by atoms with E-state index in [-0.39, 0.29) is 11.2 Å². The molecule has 0 amide bonds. The van der Waals surface area contributed by atoms with Crippen LogP contribution in [-0.4, -0.2) is 9.13 Å². The van der Waals surface area contributed by atoms with Gasteiger partial charge in [-0.2, -0.15) is 0 Å². The molecule has 0 aliphatic rings. The molecule has 0 N–H and O–H groups in total. The minimum absolute atomic E-state index is 0.206. The van der Waals surface area contributed by atoms with Crippen LogP contribution in [-0.2, 0) is 20.0 Å². The molecular weight excluding hydrogens is 320 g/mol. The quantitative estimate of drug-likeness (QED) is 0.730. The second-order valence-electron chi connectivity index (χ2n) is 6.69. The Balaban J connectivity index is 2.17. The molecule has 4 nitrogen and oxygen atoms in total. The van der Waals surface area contributed by atoms with Gasteiger partial charge in [0.15, 0.2) is 0 Å². The van der Waals surface area contributed by atoms with Crippen LogP contribution in [0, 0.1) is 12.8 Å². The van der Waals surface area contributed by atoms with Crippen molar-refractivity contribution in [3.05, 3.63) is 67.2 Å². The molecule has 126 valence electrons. The topological polar surface area (TPSA) is 44.0 Å². The molecule has 3 aromatic rings. The van der Waals surface area contributed by atoms with Crippen LogP contribution in [0.4, 0.5) is 0 Å². The SMILES string of the molecule is Cc1ccccc1Cc1cc2c(=O)n(C)c(=O)n(CC(C)C)c2s1. The molecule has 0 aliphatic heterocycles. The van der Waals surface area contributed by atoms with Gasteiger partial charge in [-0.15, -0.1) is 11.3 Å². The molecule has 5 heteroatoms. The molecule has 0 saturated heterocycles. The molecule has 0 spiro atoms. The van der Waals surface area contributed by atoms with Gasteiger partial charge in [0.25, 0.3) is 5.56 Å². The van der Waals surface area contributed by atoms with E-state index in [9.17, 15) is 9.59 Å². The lowest BCUT2D eigenvalue weighted by atomic mass is 10.1. The monoisotopic (exact) mass is 342 g/mol. The zero-order chi connectivity index (χ0) is 17.4. The average Bonchev–Trinajstić information content (AvgIpc) is 2.95. The van der Waals surface area contributed by atoms with Gasteiger partial charge >= 0.3 is 5.69 Å². The third-order valence-electron chi connectivity index (χ3n) is 4.24. The standard InChI is InChI=1S/C19H22N2O2S/c1-12(2)11-21-18-16(17(22)20(4)19(21)23)10-15(24-18)9-14-8-6-5-7-13(14)3/h5-8,10,12H,9,11H2,1-4H3. The van der Waals surface area contributed by atoms with Crippen LogP contribution in [0.5, 0.6) is 0 Å². The van der Waals surface area contributed by atoms with Gasteiger partial charge in [-0.25, -0.2) is 4.79 Å². The fourth-order valence-electron chi connectivity index (χ4n) is 2.93. The first-order valence-electron chi connectivity index (χ1n) is 8.15. The van der Waals surface area contributed by atoms with E-state index in [1.807, 2.05) is 18.2 Å². The summed E-state index contributed by atoms with van der Waals surface area (Å²) in [5.74, 6) is 0.338. The number of fused-ring (bicyclic) bond motifs is 1. The van der Waals surface area contributed by atoms with Crippen molar-refractivity contribution < 1.29 is 0 Å². The van der Waals surface area contributed by atoms with Crippen molar-refractivity contribution >= 4 is 21.6 Å². The molecule has 3 rings (SSSR count). The van der Waals surface area contributed by atoms with Gasteiger partial charge in [0.05, 0.1) is 5.39 Å². The zero-order valence-electron chi connectivity index (χ0n) is 14.5. The van der Waals surface area contributed by atoms with Crippen molar-refractivity contribution in [2.45, 2.75) is 33.7 Å². The van der Waals surface area contributed by atoms with Crippen LogP contribution in [0.1, 0.15) is 29.9 Å². The Bertz CT molecular complexity index is 1010. The number of thiophene rings is 1. The summed E-state index contributed by atoms with van der Waals surface area (Å²) in [5.41, 5.74) is 2.05. The minimum atomic E-state index is -0.231. The van der Waals surface area contributed by atoms with Gasteiger partial charge in [-0.1, -0.05) is 38.1 Å². The number of aryl methyl sites for hydroxylation is 1. The van der Waals surface area contributed by atoms with Gasteiger partial charge < -0.3 is 0 Å². The van der Waals surface area contributed by atoms with E-state index in [1.54, 1.807) is 23.0 Å². The highest BCUT2D eigenvalue weighted by Gasteiger charge is 2.15. The van der Waals surface area contributed by atoms with Crippen LogP contribution in [0.25, 0.3) is 10.2 Å². The summed E-state index contributed by atoms with van der Waals surface area (Å²) in [4.78, 5) is 26.9. The molecule has 0 unspecified atom stereocenters. The summed E-state index contributed by atoms with van der Waals surface area (Å²) in [6, 6.07) is 10.2. The molecule has 2 heterocycles. The van der Waals surface area contributed by atoms with Crippen LogP contribution >= 0.6 is 11.3 Å². The maximum Gasteiger partial charge on any atom is 0.331 e. The van der Waals surface area contributed by atoms with Gasteiger partial charge in [-0.3, -0.25) is 13.9 Å². The van der Waals surface area contributed by atoms with Crippen LogP contribution < -0.4 is 11.2 Å². The van der Waals surface area contributed by atoms with Crippen molar-refractivity contribution in [3.8, 4) is 0 Å². The molecule has 2 aromatic heterocycles. The lowest BCUT2D eigenvalue weighted by molar-refractivity contribution is 0.504. The van der Waals surface area contributed by atoms with E-state index < -0.39 is 0 Å². The second kappa shape index (κ2) is 6.40. The van der Waals surface area contributed by atoms with Gasteiger partial charge in [-0.05, 0) is 30.0 Å². The Hall–Kier alpha value is -2.14. The smallest absolute Gasteiger partial charge is 0.284 e. The van der Waals surface area contributed by atoms with Gasteiger partial charge in [0.2, 0.25) is 0 Å². The first-order chi connectivity index (χ1) is 11.4. The summed E-state index contributed by atoms with van der Waals surface area (Å²) in [5, 5.41) is 0.645. The summed E-state index contributed by atoms with van der Waals surface area (Å²) in [7, 11) is 1.56. The highest BCUT2D eigenvalue weighted by atomic mass is 32.1. The van der Waals surface area contributed by atoms with E-state index in [2.05, 4.69) is 32.9 Å². The van der Waals surface area contributed by atoms with Crippen molar-refractivity contribution in [1.82, 2.24) is 9.13 Å². The average molecular weight is 342 g/mol. The van der Waals surface area contributed by atoms with E-state index in [1.165, 1.54) is 15.7 Å². The van der Waals surface area contributed by atoms with Crippen molar-refractivity contribution in [3.63, 3.8) is 0 Å². The fourth-order valence-corrected chi connectivity index (χ4v) is 4.10. The van der Waals surface area contributed by atoms with E-state index >= 15 is 0 Å². The first-order valence-corrected chi connectivity index (χ1v) is 8.97. The van der Waals surface area contributed by atoms with E-state index in [4.69, 9.17) is 0 Å². The van der Waals surface area contributed by atoms with Crippen LogP contribution in [0.15, 0.2) is 39.9 Å². The van der Waals surface area contributed by atoms with Crippen molar-refractivity contribution in [1.29, 1.82) is 0 Å². The normalized spacial score (nSPS) is 11.5. The molecular formula is C19H22N2O2S. The van der Waals surface area contributed by atoms with Gasteiger partial charge in [0.1, 0.15) is 4.83 Å². The van der Waals surface area contributed by atoms with Crippen LogP contribution in [0.2, 0.25) is 0 Å². The Morgan fingerprint density at radius 2 is 1.88 bits per heavy atom. The predicted octanol–water partition coefficient (Wildman–Crippen LogP) is 3.32. The number of nitrogens with zero attached hydrogens (tertiary/aromatic N) is 2. The molecule has 0 aliphatic carbocycles. The highest BCUT2D eigenvalue weighted by Crippen LogP contribution is 2.26. The summed E-state index contributed by atoms with van der Waals surface area (Å²) in [6.45, 7) is 6.86. The third kappa shape index (κ3) is 2.96. The summed E-state index contributed by atoms with van der Waals surface area (Å²) in [6.07, 6.45) is 0.783. The predicted molar refractivity (Wildman–Crippen MR) is 100 cm³/mol. The number of rotatable bonds is 4. The molecule has 0 fully saturated rings.